The molecule has 2 aliphatic rings. The second kappa shape index (κ2) is 8.03. The van der Waals surface area contributed by atoms with Crippen molar-refractivity contribution in [3.63, 3.8) is 0 Å². The minimum absolute atomic E-state index is 0.0120. The number of rotatable bonds is 7. The van der Waals surface area contributed by atoms with Gasteiger partial charge in [0.1, 0.15) is 6.04 Å². The van der Waals surface area contributed by atoms with Crippen LogP contribution in [0, 0.1) is 11.3 Å². The number of aliphatic carboxylic acids is 1. The zero-order valence-electron chi connectivity index (χ0n) is 15.0. The van der Waals surface area contributed by atoms with Gasteiger partial charge in [-0.3, -0.25) is 9.59 Å². The minimum Gasteiger partial charge on any atom is -0.480 e. The number of hydrogen-bond acceptors (Lipinski definition) is 6. The van der Waals surface area contributed by atoms with Crippen LogP contribution in [0.5, 0.6) is 0 Å². The fourth-order valence-electron chi connectivity index (χ4n) is 4.42. The van der Waals surface area contributed by atoms with Crippen LogP contribution < -0.4 is 11.1 Å². The van der Waals surface area contributed by atoms with Gasteiger partial charge in [0.05, 0.1) is 12.1 Å². The summed E-state index contributed by atoms with van der Waals surface area (Å²) in [4.78, 5) is 26.4. The van der Waals surface area contributed by atoms with Crippen LogP contribution in [0.2, 0.25) is 6.32 Å². The van der Waals surface area contributed by atoms with Crippen LogP contribution in [0.25, 0.3) is 0 Å². The zero-order valence-corrected chi connectivity index (χ0v) is 15.0. The van der Waals surface area contributed by atoms with E-state index >= 15 is 0 Å². The first-order valence-electron chi connectivity index (χ1n) is 9.09. The smallest absolute Gasteiger partial charge is 0.451 e. The van der Waals surface area contributed by atoms with Gasteiger partial charge in [0.2, 0.25) is 5.91 Å². The first kappa shape index (κ1) is 20.2. The highest BCUT2D eigenvalue weighted by Crippen LogP contribution is 2.47. The number of nitrogens with two attached hydrogens (primary N) is 1. The summed E-state index contributed by atoms with van der Waals surface area (Å²) in [5.74, 6) is -1.04. The Hall–Kier alpha value is -1.16. The first-order chi connectivity index (χ1) is 11.7. The molecule has 0 spiro atoms. The van der Waals surface area contributed by atoms with Crippen molar-refractivity contribution in [1.82, 2.24) is 10.2 Å². The van der Waals surface area contributed by atoms with Crippen molar-refractivity contribution in [3.8, 4) is 0 Å². The van der Waals surface area contributed by atoms with E-state index in [1.54, 1.807) is 4.90 Å². The van der Waals surface area contributed by atoms with Crippen LogP contribution in [0.3, 0.4) is 0 Å². The van der Waals surface area contributed by atoms with Crippen LogP contribution in [-0.4, -0.2) is 70.3 Å². The second-order valence-electron chi connectivity index (χ2n) is 7.71. The molecular weight excluding hydrogens is 325 g/mol. The van der Waals surface area contributed by atoms with Crippen molar-refractivity contribution in [2.45, 2.75) is 64.0 Å². The molecule has 142 valence electrons. The predicted octanol–water partition coefficient (Wildman–Crippen LogP) is -0.743. The van der Waals surface area contributed by atoms with Gasteiger partial charge in [-0.15, -0.1) is 0 Å². The largest absolute Gasteiger partial charge is 0.480 e. The maximum atomic E-state index is 12.8. The van der Waals surface area contributed by atoms with Crippen molar-refractivity contribution in [2.24, 2.45) is 17.1 Å². The molecule has 8 nitrogen and oxygen atoms in total. The number of nitrogens with one attached hydrogen (secondary N) is 1. The van der Waals surface area contributed by atoms with E-state index in [0.717, 1.165) is 6.42 Å². The summed E-state index contributed by atoms with van der Waals surface area (Å²) in [6, 6.07) is -1.56. The molecule has 0 aromatic carbocycles. The molecule has 2 saturated heterocycles. The fourth-order valence-corrected chi connectivity index (χ4v) is 4.42. The van der Waals surface area contributed by atoms with Gasteiger partial charge in [-0.2, -0.15) is 0 Å². The molecule has 0 saturated carbocycles. The number of likely N-dealkylation sites (tertiary alicyclic amines) is 1. The Morgan fingerprint density at radius 3 is 2.64 bits per heavy atom. The monoisotopic (exact) mass is 355 g/mol. The summed E-state index contributed by atoms with van der Waals surface area (Å²) in [5.41, 5.74) is 5.47. The van der Waals surface area contributed by atoms with E-state index in [1.165, 1.54) is 0 Å². The summed E-state index contributed by atoms with van der Waals surface area (Å²) < 4.78 is 0. The quantitative estimate of drug-likeness (QED) is 0.379. The summed E-state index contributed by atoms with van der Waals surface area (Å²) in [5, 5.41) is 31.0. The molecule has 0 aromatic rings. The number of nitrogens with zero attached hydrogens (tertiary/aromatic N) is 1. The summed E-state index contributed by atoms with van der Waals surface area (Å²) in [7, 11) is -1.40. The third-order valence-electron chi connectivity index (χ3n) is 5.81. The van der Waals surface area contributed by atoms with E-state index in [2.05, 4.69) is 5.32 Å². The average Bonchev–Trinajstić information content (AvgIpc) is 2.92. The molecule has 4 atom stereocenters. The van der Waals surface area contributed by atoms with Crippen molar-refractivity contribution >= 4 is 19.0 Å². The van der Waals surface area contributed by atoms with Gasteiger partial charge in [0, 0.05) is 18.5 Å². The van der Waals surface area contributed by atoms with Crippen molar-refractivity contribution in [3.05, 3.63) is 0 Å². The van der Waals surface area contributed by atoms with Crippen LogP contribution in [0.15, 0.2) is 0 Å². The Kier molecular flexibility index (Phi) is 6.48. The molecule has 2 fully saturated rings. The molecule has 2 heterocycles. The zero-order chi connectivity index (χ0) is 18.8. The number of fused-ring (bicyclic) bond motifs is 1. The van der Waals surface area contributed by atoms with Gasteiger partial charge in [0.15, 0.2) is 0 Å². The molecule has 0 aliphatic carbocycles. The van der Waals surface area contributed by atoms with Gasteiger partial charge < -0.3 is 31.1 Å². The molecular formula is C16H30BN3O5. The van der Waals surface area contributed by atoms with Crippen LogP contribution in [0.1, 0.15) is 39.5 Å². The number of piperidine rings is 1. The standard InChI is InChI=1S/C16H30BN3O5/c1-10(2)12(18)14(21)20-8-4-6-16(5-3-7-17(24)25)11(20)9-19-13(16)15(22)23/h10-13,19,24-25H,3-9,18H2,1-2H3,(H,22,23)/t11-,12?,13+,16-/m0/s1. The Balaban J connectivity index is 2.25. The lowest BCUT2D eigenvalue weighted by molar-refractivity contribution is -0.149. The van der Waals surface area contributed by atoms with Crippen molar-refractivity contribution in [1.29, 1.82) is 0 Å². The van der Waals surface area contributed by atoms with Gasteiger partial charge in [-0.1, -0.05) is 20.3 Å². The fraction of sp³-hybridized carbons (Fsp3) is 0.875. The molecule has 1 unspecified atom stereocenters. The van der Waals surface area contributed by atoms with Crippen molar-refractivity contribution in [2.75, 3.05) is 13.1 Å². The van der Waals surface area contributed by atoms with E-state index in [-0.39, 0.29) is 24.2 Å². The molecule has 9 heteroatoms. The number of carboxylic acids is 1. The van der Waals surface area contributed by atoms with E-state index in [0.29, 0.717) is 32.4 Å². The number of hydrogen-bond donors (Lipinski definition) is 5. The number of carboxylic acid groups (broad SMARTS) is 1. The SMILES string of the molecule is CC(C)C(N)C(=O)N1CCC[C@]2(CCCB(O)O)[C@@H](C(=O)O)NC[C@H]12. The normalized spacial score (nSPS) is 30.2. The van der Waals surface area contributed by atoms with Crippen molar-refractivity contribution < 1.29 is 24.7 Å². The first-order valence-corrected chi connectivity index (χ1v) is 9.09. The van der Waals surface area contributed by atoms with E-state index in [1.807, 2.05) is 13.8 Å². The topological polar surface area (TPSA) is 136 Å². The maximum absolute atomic E-state index is 12.8. The summed E-state index contributed by atoms with van der Waals surface area (Å²) in [6.07, 6.45) is 2.64. The Labute approximate surface area is 148 Å². The van der Waals surface area contributed by atoms with Crippen LogP contribution in [0.4, 0.5) is 0 Å². The number of amides is 1. The lowest BCUT2D eigenvalue weighted by Crippen LogP contribution is -2.60. The second-order valence-corrected chi connectivity index (χ2v) is 7.71. The van der Waals surface area contributed by atoms with Crippen LogP contribution in [-0.2, 0) is 9.59 Å². The predicted molar refractivity (Wildman–Crippen MR) is 93.6 cm³/mol. The molecule has 2 rings (SSSR count). The van der Waals surface area contributed by atoms with Crippen LogP contribution >= 0.6 is 0 Å². The molecule has 25 heavy (non-hydrogen) atoms. The lowest BCUT2D eigenvalue weighted by atomic mass is 9.66. The highest BCUT2D eigenvalue weighted by molar-refractivity contribution is 6.40. The summed E-state index contributed by atoms with van der Waals surface area (Å²) in [6.45, 7) is 4.81. The van der Waals surface area contributed by atoms with Gasteiger partial charge in [-0.25, -0.2) is 0 Å². The summed E-state index contributed by atoms with van der Waals surface area (Å²) >= 11 is 0. The number of carbonyl (C=O) groups excluding carboxylic acids is 1. The molecule has 0 radical (unpaired) electrons. The molecule has 6 N–H and O–H groups in total. The third kappa shape index (κ3) is 4.00. The molecule has 1 amide bonds. The van der Waals surface area contributed by atoms with E-state index in [9.17, 15) is 14.7 Å². The van der Waals surface area contributed by atoms with Gasteiger partial charge in [-0.05, 0) is 31.5 Å². The van der Waals surface area contributed by atoms with E-state index in [4.69, 9.17) is 15.8 Å². The maximum Gasteiger partial charge on any atom is 0.451 e. The Morgan fingerprint density at radius 2 is 2.08 bits per heavy atom. The third-order valence-corrected chi connectivity index (χ3v) is 5.81. The average molecular weight is 355 g/mol. The minimum atomic E-state index is -1.40. The Morgan fingerprint density at radius 1 is 1.40 bits per heavy atom. The highest BCUT2D eigenvalue weighted by atomic mass is 16.4. The molecule has 2 aliphatic heterocycles. The lowest BCUT2D eigenvalue weighted by Gasteiger charge is -2.48. The highest BCUT2D eigenvalue weighted by Gasteiger charge is 2.57. The molecule has 0 bridgehead atoms. The Bertz CT molecular complexity index is 504. The van der Waals surface area contributed by atoms with Gasteiger partial charge >= 0.3 is 13.1 Å². The molecule has 0 aromatic heterocycles. The number of carbonyl (C=O) groups is 2. The van der Waals surface area contributed by atoms with Gasteiger partial charge in [0.25, 0.3) is 0 Å². The van der Waals surface area contributed by atoms with E-state index < -0.39 is 30.6 Å².